The number of aliphatic imine (C=N–C) groups is 1. The number of dihydropyridines is 1. The first-order valence-electron chi connectivity index (χ1n) is 4.52. The van der Waals surface area contributed by atoms with Crippen LogP contribution < -0.4 is 5.32 Å². The van der Waals surface area contributed by atoms with Crippen molar-refractivity contribution in [3.63, 3.8) is 0 Å². The Hall–Kier alpha value is -1.45. The van der Waals surface area contributed by atoms with E-state index in [4.69, 9.17) is 0 Å². The van der Waals surface area contributed by atoms with Gasteiger partial charge in [0.1, 0.15) is 0 Å². The summed E-state index contributed by atoms with van der Waals surface area (Å²) in [6.07, 6.45) is 1.87. The number of rotatable bonds is 2. The molecule has 1 heterocycles. The summed E-state index contributed by atoms with van der Waals surface area (Å²) < 4.78 is 0. The van der Waals surface area contributed by atoms with Gasteiger partial charge in [0.2, 0.25) is 5.91 Å². The van der Waals surface area contributed by atoms with Crippen LogP contribution in [0.3, 0.4) is 0 Å². The van der Waals surface area contributed by atoms with Gasteiger partial charge in [-0.1, -0.05) is 5.57 Å². The number of allylic oxidation sites excluding steroid dienone is 1. The molecule has 1 rings (SSSR count). The summed E-state index contributed by atoms with van der Waals surface area (Å²) in [5.41, 5.74) is 1.68. The SMILES string of the molecule is CC(=O)NCC1C(=O)N=C(C)C=C1C. The highest BCUT2D eigenvalue weighted by molar-refractivity contribution is 6.05. The Morgan fingerprint density at radius 3 is 2.71 bits per heavy atom. The van der Waals surface area contributed by atoms with Crippen molar-refractivity contribution in [2.24, 2.45) is 10.9 Å². The molecule has 2 amide bonds. The highest BCUT2D eigenvalue weighted by atomic mass is 16.2. The molecule has 14 heavy (non-hydrogen) atoms. The van der Waals surface area contributed by atoms with Gasteiger partial charge in [-0.25, -0.2) is 4.99 Å². The summed E-state index contributed by atoms with van der Waals surface area (Å²) in [5, 5.41) is 2.62. The van der Waals surface area contributed by atoms with Gasteiger partial charge in [-0.15, -0.1) is 0 Å². The molecule has 0 spiro atoms. The van der Waals surface area contributed by atoms with Crippen LogP contribution in [0.1, 0.15) is 20.8 Å². The van der Waals surface area contributed by atoms with Crippen molar-refractivity contribution in [2.45, 2.75) is 20.8 Å². The van der Waals surface area contributed by atoms with Gasteiger partial charge in [0.15, 0.2) is 0 Å². The summed E-state index contributed by atoms with van der Waals surface area (Å²) in [5.74, 6) is -0.587. The molecule has 4 nitrogen and oxygen atoms in total. The number of carbonyl (C=O) groups is 2. The van der Waals surface area contributed by atoms with Crippen molar-refractivity contribution in [3.05, 3.63) is 11.6 Å². The average molecular weight is 194 g/mol. The molecule has 0 aromatic carbocycles. The van der Waals surface area contributed by atoms with Gasteiger partial charge >= 0.3 is 0 Å². The molecule has 1 aliphatic rings. The first-order valence-corrected chi connectivity index (χ1v) is 4.52. The van der Waals surface area contributed by atoms with E-state index in [9.17, 15) is 9.59 Å². The summed E-state index contributed by atoms with van der Waals surface area (Å²) in [6, 6.07) is 0. The monoisotopic (exact) mass is 194 g/mol. The Morgan fingerprint density at radius 2 is 2.21 bits per heavy atom. The van der Waals surface area contributed by atoms with Crippen LogP contribution >= 0.6 is 0 Å². The van der Waals surface area contributed by atoms with E-state index in [1.165, 1.54) is 6.92 Å². The highest BCUT2D eigenvalue weighted by Crippen LogP contribution is 2.16. The maximum absolute atomic E-state index is 11.4. The predicted molar refractivity (Wildman–Crippen MR) is 54.0 cm³/mol. The minimum absolute atomic E-state index is 0.128. The Morgan fingerprint density at radius 1 is 1.57 bits per heavy atom. The van der Waals surface area contributed by atoms with Crippen LogP contribution in [0.2, 0.25) is 0 Å². The fourth-order valence-electron chi connectivity index (χ4n) is 1.40. The molecule has 0 bridgehead atoms. The lowest BCUT2D eigenvalue weighted by Gasteiger charge is -2.18. The second-order valence-corrected chi connectivity index (χ2v) is 3.47. The molecule has 0 aromatic heterocycles. The van der Waals surface area contributed by atoms with Gasteiger partial charge in [0, 0.05) is 19.2 Å². The normalized spacial score (nSPS) is 21.4. The summed E-state index contributed by atoms with van der Waals surface area (Å²) in [6.45, 7) is 5.44. The number of amides is 2. The second kappa shape index (κ2) is 4.17. The lowest BCUT2D eigenvalue weighted by molar-refractivity contribution is -0.121. The Balaban J connectivity index is 2.67. The quantitative estimate of drug-likeness (QED) is 0.703. The van der Waals surface area contributed by atoms with Crippen LogP contribution in [0, 0.1) is 5.92 Å². The number of hydrogen-bond acceptors (Lipinski definition) is 2. The molecule has 76 valence electrons. The fraction of sp³-hybridized carbons (Fsp3) is 0.500. The van der Waals surface area contributed by atoms with E-state index in [-0.39, 0.29) is 17.7 Å². The zero-order valence-electron chi connectivity index (χ0n) is 8.63. The van der Waals surface area contributed by atoms with Gasteiger partial charge in [-0.2, -0.15) is 0 Å². The topological polar surface area (TPSA) is 58.5 Å². The van der Waals surface area contributed by atoms with Crippen molar-refractivity contribution in [1.82, 2.24) is 5.32 Å². The van der Waals surface area contributed by atoms with Crippen molar-refractivity contribution < 1.29 is 9.59 Å². The van der Waals surface area contributed by atoms with E-state index in [1.54, 1.807) is 6.92 Å². The summed E-state index contributed by atoms with van der Waals surface area (Å²) in [4.78, 5) is 26.0. The molecule has 0 aromatic rings. The third-order valence-electron chi connectivity index (χ3n) is 2.13. The predicted octanol–water partition coefficient (Wildman–Crippen LogP) is 0.686. The summed E-state index contributed by atoms with van der Waals surface area (Å²) >= 11 is 0. The third-order valence-corrected chi connectivity index (χ3v) is 2.13. The van der Waals surface area contributed by atoms with Crippen LogP contribution in [-0.2, 0) is 9.59 Å². The zero-order valence-corrected chi connectivity index (χ0v) is 8.63. The van der Waals surface area contributed by atoms with E-state index in [0.717, 1.165) is 11.3 Å². The molecule has 0 radical (unpaired) electrons. The van der Waals surface area contributed by atoms with Crippen molar-refractivity contribution in [1.29, 1.82) is 0 Å². The average Bonchev–Trinajstić information content (AvgIpc) is 2.01. The fourth-order valence-corrected chi connectivity index (χ4v) is 1.40. The van der Waals surface area contributed by atoms with Crippen molar-refractivity contribution in [2.75, 3.05) is 6.54 Å². The van der Waals surface area contributed by atoms with Gasteiger partial charge in [-0.3, -0.25) is 9.59 Å². The van der Waals surface area contributed by atoms with Crippen LogP contribution in [0.25, 0.3) is 0 Å². The minimum atomic E-state index is -0.289. The first-order chi connectivity index (χ1) is 6.50. The molecule has 0 saturated heterocycles. The van der Waals surface area contributed by atoms with Gasteiger partial charge < -0.3 is 5.32 Å². The molecular weight excluding hydrogens is 180 g/mol. The van der Waals surface area contributed by atoms with Crippen LogP contribution in [0.4, 0.5) is 0 Å². The Labute approximate surface area is 83.1 Å². The molecular formula is C10H14N2O2. The summed E-state index contributed by atoms with van der Waals surface area (Å²) in [7, 11) is 0. The molecule has 0 aliphatic carbocycles. The molecule has 4 heteroatoms. The molecule has 0 saturated carbocycles. The minimum Gasteiger partial charge on any atom is -0.355 e. The number of carbonyl (C=O) groups excluding carboxylic acids is 2. The smallest absolute Gasteiger partial charge is 0.254 e. The standard InChI is InChI=1S/C10H14N2O2/c1-6-4-7(2)12-10(14)9(6)5-11-8(3)13/h4,9H,5H2,1-3H3,(H,11,13). The third kappa shape index (κ3) is 2.52. The number of hydrogen-bond donors (Lipinski definition) is 1. The molecule has 1 aliphatic heterocycles. The molecule has 0 fully saturated rings. The lowest BCUT2D eigenvalue weighted by atomic mass is 9.96. The van der Waals surface area contributed by atoms with Crippen LogP contribution in [-0.4, -0.2) is 24.1 Å². The van der Waals surface area contributed by atoms with Gasteiger partial charge in [0.25, 0.3) is 5.91 Å². The maximum Gasteiger partial charge on any atom is 0.254 e. The maximum atomic E-state index is 11.4. The molecule has 1 atom stereocenters. The van der Waals surface area contributed by atoms with E-state index in [2.05, 4.69) is 10.3 Å². The molecule has 1 unspecified atom stereocenters. The van der Waals surface area contributed by atoms with Crippen molar-refractivity contribution >= 4 is 17.5 Å². The number of nitrogens with zero attached hydrogens (tertiary/aromatic N) is 1. The van der Waals surface area contributed by atoms with Crippen molar-refractivity contribution in [3.8, 4) is 0 Å². The highest BCUT2D eigenvalue weighted by Gasteiger charge is 2.23. The van der Waals surface area contributed by atoms with E-state index < -0.39 is 0 Å². The Kier molecular flexibility index (Phi) is 3.17. The first kappa shape index (κ1) is 10.6. The second-order valence-electron chi connectivity index (χ2n) is 3.47. The van der Waals surface area contributed by atoms with Crippen LogP contribution in [0.5, 0.6) is 0 Å². The largest absolute Gasteiger partial charge is 0.355 e. The van der Waals surface area contributed by atoms with E-state index >= 15 is 0 Å². The van der Waals surface area contributed by atoms with Gasteiger partial charge in [0.05, 0.1) is 5.92 Å². The lowest BCUT2D eigenvalue weighted by Crippen LogP contribution is -2.33. The molecule has 1 N–H and O–H groups in total. The number of nitrogens with one attached hydrogen (secondary N) is 1. The van der Waals surface area contributed by atoms with Gasteiger partial charge in [-0.05, 0) is 19.9 Å². The zero-order chi connectivity index (χ0) is 10.7. The van der Waals surface area contributed by atoms with E-state index in [0.29, 0.717) is 6.54 Å². The Bertz CT molecular complexity index is 329. The van der Waals surface area contributed by atoms with E-state index in [1.807, 2.05) is 13.0 Å². The van der Waals surface area contributed by atoms with Crippen LogP contribution in [0.15, 0.2) is 16.6 Å².